The Balaban J connectivity index is 2.01. The molecule has 1 nitrogen and oxygen atoms in total. The lowest BCUT2D eigenvalue weighted by Crippen LogP contribution is -1.90. The van der Waals surface area contributed by atoms with Gasteiger partial charge < -0.3 is 4.74 Å². The summed E-state index contributed by atoms with van der Waals surface area (Å²) in [6.07, 6.45) is 4.56. The van der Waals surface area contributed by atoms with Crippen LogP contribution in [0.3, 0.4) is 0 Å². The molecule has 0 bridgehead atoms. The molecular weight excluding hydrogens is 354 g/mol. The van der Waals surface area contributed by atoms with Crippen LogP contribution in [0.25, 0.3) is 0 Å². The maximum Gasteiger partial charge on any atom is 0.217 e. The molecule has 0 aliphatic carbocycles. The summed E-state index contributed by atoms with van der Waals surface area (Å²) in [5, 5.41) is 0. The van der Waals surface area contributed by atoms with Crippen LogP contribution in [-0.2, 0) is 6.42 Å². The van der Waals surface area contributed by atoms with Crippen molar-refractivity contribution in [3.8, 4) is 29.4 Å². The van der Waals surface area contributed by atoms with Gasteiger partial charge in [-0.3, -0.25) is 0 Å². The summed E-state index contributed by atoms with van der Waals surface area (Å²) in [6, 6.07) is 14.4. The van der Waals surface area contributed by atoms with Crippen molar-refractivity contribution in [3.63, 3.8) is 0 Å². The standard InChI is InChI=1S/C25H24F2O/c1-3-5-6-7-20-8-10-21(11-9-20)14-18-24(26)25(27)19-15-22-12-16-23(17-13-22)28-4-2/h8-13,16-17H,3-7H2,1-2H3/b25-24+. The number of halogens is 2. The van der Waals surface area contributed by atoms with E-state index in [2.05, 4.69) is 30.6 Å². The Labute approximate surface area is 166 Å². The normalized spacial score (nSPS) is 10.9. The van der Waals surface area contributed by atoms with Crippen molar-refractivity contribution < 1.29 is 13.5 Å². The Hall–Kier alpha value is -3.04. The molecule has 0 amide bonds. The Morgan fingerprint density at radius 2 is 1.32 bits per heavy atom. The van der Waals surface area contributed by atoms with E-state index in [0.29, 0.717) is 23.5 Å². The number of hydrogen-bond donors (Lipinski definition) is 0. The molecule has 0 saturated heterocycles. The van der Waals surface area contributed by atoms with E-state index in [1.165, 1.54) is 18.4 Å². The van der Waals surface area contributed by atoms with Crippen LogP contribution in [0.5, 0.6) is 5.75 Å². The Morgan fingerprint density at radius 3 is 1.82 bits per heavy atom. The zero-order valence-corrected chi connectivity index (χ0v) is 16.3. The third kappa shape index (κ3) is 7.29. The molecule has 0 aromatic heterocycles. The van der Waals surface area contributed by atoms with Crippen LogP contribution < -0.4 is 4.74 Å². The van der Waals surface area contributed by atoms with Gasteiger partial charge in [-0.1, -0.05) is 43.7 Å². The number of unbranched alkanes of at least 4 members (excludes halogenated alkanes) is 2. The summed E-state index contributed by atoms with van der Waals surface area (Å²) < 4.78 is 33.0. The van der Waals surface area contributed by atoms with Crippen LogP contribution in [0.2, 0.25) is 0 Å². The third-order valence-corrected chi connectivity index (χ3v) is 4.01. The van der Waals surface area contributed by atoms with E-state index >= 15 is 0 Å². The lowest BCUT2D eigenvalue weighted by molar-refractivity contribution is 0.340. The number of allylic oxidation sites excluding steroid dienone is 2. The first-order chi connectivity index (χ1) is 13.6. The minimum atomic E-state index is -1.17. The number of hydrogen-bond acceptors (Lipinski definition) is 1. The highest BCUT2D eigenvalue weighted by Crippen LogP contribution is 2.13. The second kappa shape index (κ2) is 11.6. The fourth-order valence-electron chi connectivity index (χ4n) is 2.50. The summed E-state index contributed by atoms with van der Waals surface area (Å²) in [4.78, 5) is 0. The summed E-state index contributed by atoms with van der Waals surface area (Å²) in [6.45, 7) is 4.62. The summed E-state index contributed by atoms with van der Waals surface area (Å²) in [7, 11) is 0. The minimum Gasteiger partial charge on any atom is -0.494 e. The van der Waals surface area contributed by atoms with Crippen LogP contribution in [-0.4, -0.2) is 6.61 Å². The molecule has 0 aliphatic rings. The lowest BCUT2D eigenvalue weighted by Gasteiger charge is -2.01. The van der Waals surface area contributed by atoms with Crippen molar-refractivity contribution in [3.05, 3.63) is 76.9 Å². The molecule has 3 heteroatoms. The zero-order chi connectivity index (χ0) is 20.2. The number of aryl methyl sites for hydroxylation is 1. The molecule has 28 heavy (non-hydrogen) atoms. The second-order valence-corrected chi connectivity index (χ2v) is 6.24. The first-order valence-electron chi connectivity index (χ1n) is 9.53. The van der Waals surface area contributed by atoms with Crippen LogP contribution in [0, 0.1) is 23.7 Å². The van der Waals surface area contributed by atoms with E-state index in [1.807, 2.05) is 31.2 Å². The van der Waals surface area contributed by atoms with Gasteiger partial charge in [0.05, 0.1) is 6.61 Å². The summed E-state index contributed by atoms with van der Waals surface area (Å²) in [5.74, 6) is 7.95. The highest BCUT2D eigenvalue weighted by atomic mass is 19.2. The van der Waals surface area contributed by atoms with Crippen LogP contribution in [0.1, 0.15) is 49.8 Å². The van der Waals surface area contributed by atoms with Gasteiger partial charge in [0.15, 0.2) is 0 Å². The molecule has 0 saturated carbocycles. The molecule has 2 aromatic rings. The summed E-state index contributed by atoms with van der Waals surface area (Å²) >= 11 is 0. The third-order valence-electron chi connectivity index (χ3n) is 4.01. The van der Waals surface area contributed by atoms with Gasteiger partial charge in [0.1, 0.15) is 5.75 Å². The van der Waals surface area contributed by atoms with Gasteiger partial charge in [0, 0.05) is 11.1 Å². The van der Waals surface area contributed by atoms with Crippen molar-refractivity contribution >= 4 is 0 Å². The predicted molar refractivity (Wildman–Crippen MR) is 110 cm³/mol. The molecule has 0 fully saturated rings. The van der Waals surface area contributed by atoms with Crippen molar-refractivity contribution in [2.24, 2.45) is 0 Å². The van der Waals surface area contributed by atoms with Gasteiger partial charge in [0.2, 0.25) is 11.7 Å². The fraction of sp³-hybridized carbons (Fsp3) is 0.280. The Bertz CT molecular complexity index is 901. The molecule has 0 radical (unpaired) electrons. The average molecular weight is 378 g/mol. The van der Waals surface area contributed by atoms with Gasteiger partial charge in [-0.25, -0.2) is 0 Å². The van der Waals surface area contributed by atoms with E-state index in [1.54, 1.807) is 24.3 Å². The summed E-state index contributed by atoms with van der Waals surface area (Å²) in [5.41, 5.74) is 2.43. The highest BCUT2D eigenvalue weighted by Gasteiger charge is 2.00. The fourth-order valence-corrected chi connectivity index (χ4v) is 2.50. The average Bonchev–Trinajstić information content (AvgIpc) is 2.72. The van der Waals surface area contributed by atoms with E-state index < -0.39 is 11.7 Å². The molecule has 2 rings (SSSR count). The van der Waals surface area contributed by atoms with Gasteiger partial charge in [0.25, 0.3) is 0 Å². The first-order valence-corrected chi connectivity index (χ1v) is 9.53. The van der Waals surface area contributed by atoms with E-state index in [0.717, 1.165) is 12.8 Å². The topological polar surface area (TPSA) is 9.23 Å². The molecular formula is C25H24F2O. The maximum atomic E-state index is 13.8. The van der Waals surface area contributed by atoms with E-state index in [-0.39, 0.29) is 0 Å². The van der Waals surface area contributed by atoms with Gasteiger partial charge >= 0.3 is 0 Å². The predicted octanol–water partition coefficient (Wildman–Crippen LogP) is 6.37. The Kier molecular flexibility index (Phi) is 8.83. The van der Waals surface area contributed by atoms with Gasteiger partial charge in [-0.2, -0.15) is 8.78 Å². The molecule has 0 N–H and O–H groups in total. The minimum absolute atomic E-state index is 0.563. The van der Waals surface area contributed by atoms with E-state index in [4.69, 9.17) is 4.74 Å². The van der Waals surface area contributed by atoms with Crippen molar-refractivity contribution in [2.45, 2.75) is 39.5 Å². The molecule has 2 aromatic carbocycles. The van der Waals surface area contributed by atoms with Gasteiger partial charge in [-0.15, -0.1) is 0 Å². The maximum absolute atomic E-state index is 13.8. The number of rotatable bonds is 6. The van der Waals surface area contributed by atoms with Crippen LogP contribution in [0.15, 0.2) is 60.2 Å². The van der Waals surface area contributed by atoms with Gasteiger partial charge in [-0.05, 0) is 73.6 Å². The van der Waals surface area contributed by atoms with Crippen LogP contribution in [0.4, 0.5) is 8.78 Å². The second-order valence-electron chi connectivity index (χ2n) is 6.24. The zero-order valence-electron chi connectivity index (χ0n) is 16.3. The van der Waals surface area contributed by atoms with Crippen molar-refractivity contribution in [2.75, 3.05) is 6.61 Å². The van der Waals surface area contributed by atoms with Crippen molar-refractivity contribution in [1.82, 2.24) is 0 Å². The number of benzene rings is 2. The monoisotopic (exact) mass is 378 g/mol. The molecule has 0 heterocycles. The molecule has 0 atom stereocenters. The highest BCUT2D eigenvalue weighted by molar-refractivity contribution is 5.46. The van der Waals surface area contributed by atoms with E-state index in [9.17, 15) is 8.78 Å². The first kappa shape index (κ1) is 21.3. The number of ether oxygens (including phenoxy) is 1. The SMILES string of the molecule is CCCCCc1ccc(C#C/C(F)=C(\F)C#Cc2ccc(OCC)cc2)cc1. The lowest BCUT2D eigenvalue weighted by atomic mass is 10.1. The molecule has 0 aliphatic heterocycles. The molecule has 0 unspecified atom stereocenters. The quantitative estimate of drug-likeness (QED) is 0.419. The molecule has 144 valence electrons. The molecule has 0 spiro atoms. The smallest absolute Gasteiger partial charge is 0.217 e. The van der Waals surface area contributed by atoms with Crippen molar-refractivity contribution in [1.29, 1.82) is 0 Å². The van der Waals surface area contributed by atoms with Crippen LogP contribution >= 0.6 is 0 Å². The Morgan fingerprint density at radius 1 is 0.786 bits per heavy atom. The largest absolute Gasteiger partial charge is 0.494 e.